The normalized spacial score (nSPS) is 14.8. The fourth-order valence-electron chi connectivity index (χ4n) is 4.41. The van der Waals surface area contributed by atoms with Gasteiger partial charge in [-0.15, -0.1) is 4.36 Å². The Hall–Kier alpha value is -3.80. The first-order chi connectivity index (χ1) is 18.9. The molecule has 2 N–H and O–H groups in total. The number of halogens is 2. The Morgan fingerprint density at radius 3 is 2.80 bits per heavy atom. The fourth-order valence-corrected chi connectivity index (χ4v) is 5.61. The van der Waals surface area contributed by atoms with E-state index in [1.807, 2.05) is 6.92 Å². The number of carbonyl (C=O) groups is 1. The van der Waals surface area contributed by atoms with Crippen molar-refractivity contribution in [3.05, 3.63) is 59.8 Å². The quantitative estimate of drug-likeness (QED) is 0.348. The molecule has 3 aromatic rings. The van der Waals surface area contributed by atoms with Crippen LogP contribution in [0.2, 0.25) is 0 Å². The second-order valence-electron chi connectivity index (χ2n) is 10.3. The standard InChI is InChI=1S/C28H33F2N5O4S/c1-5-9-28(2,3)39-27(36)35-40(4,37)17-18-12-20-15-21(13-18)38-11-6-10-31-24-14-19(29)7-8-22(24)25-23(30)16-32-26(33-20)34-25/h7-8,12-16,31H,5-6,9-11,17H2,1-4H3,(H,32,33,34). The number of aromatic nitrogens is 2. The minimum Gasteiger partial charge on any atom is -0.493 e. The third-order valence-corrected chi connectivity index (χ3v) is 7.43. The number of fused-ring (bicyclic) bond motifs is 6. The van der Waals surface area contributed by atoms with Gasteiger partial charge in [0.15, 0.2) is 5.82 Å². The topological polar surface area (TPSA) is 115 Å². The lowest BCUT2D eigenvalue weighted by molar-refractivity contribution is 0.0394. The third-order valence-electron chi connectivity index (χ3n) is 6.03. The van der Waals surface area contributed by atoms with Gasteiger partial charge in [-0.3, -0.25) is 0 Å². The van der Waals surface area contributed by atoms with Crippen LogP contribution in [0.5, 0.6) is 5.75 Å². The van der Waals surface area contributed by atoms with E-state index in [1.54, 1.807) is 32.0 Å². The number of anilines is 3. The molecule has 40 heavy (non-hydrogen) atoms. The molecular formula is C28H33F2N5O4S. The lowest BCUT2D eigenvalue weighted by Crippen LogP contribution is -2.26. The van der Waals surface area contributed by atoms with Crippen LogP contribution in [0.25, 0.3) is 11.3 Å². The molecule has 0 saturated carbocycles. The van der Waals surface area contributed by atoms with Gasteiger partial charge in [-0.1, -0.05) is 13.3 Å². The molecule has 12 heteroatoms. The Bertz CT molecular complexity index is 1520. The van der Waals surface area contributed by atoms with Crippen molar-refractivity contribution < 1.29 is 27.3 Å². The highest BCUT2D eigenvalue weighted by Gasteiger charge is 2.23. The van der Waals surface area contributed by atoms with E-state index in [2.05, 4.69) is 25.0 Å². The summed E-state index contributed by atoms with van der Waals surface area (Å²) in [5.74, 6) is -0.594. The van der Waals surface area contributed by atoms with E-state index in [0.29, 0.717) is 54.2 Å². The number of benzene rings is 2. The molecule has 0 spiro atoms. The summed E-state index contributed by atoms with van der Waals surface area (Å²) < 4.78 is 57.3. The summed E-state index contributed by atoms with van der Waals surface area (Å²) >= 11 is 0. The average molecular weight is 574 g/mol. The van der Waals surface area contributed by atoms with Crippen molar-refractivity contribution in [1.29, 1.82) is 0 Å². The van der Waals surface area contributed by atoms with Crippen LogP contribution >= 0.6 is 0 Å². The number of amides is 1. The van der Waals surface area contributed by atoms with E-state index in [4.69, 9.17) is 9.47 Å². The van der Waals surface area contributed by atoms with E-state index >= 15 is 0 Å². The van der Waals surface area contributed by atoms with Gasteiger partial charge in [0.2, 0.25) is 5.95 Å². The van der Waals surface area contributed by atoms with Gasteiger partial charge in [-0.2, -0.15) is 0 Å². The van der Waals surface area contributed by atoms with E-state index in [1.165, 1.54) is 24.5 Å². The molecular weight excluding hydrogens is 540 g/mol. The van der Waals surface area contributed by atoms with Gasteiger partial charge in [0.25, 0.3) is 0 Å². The minimum atomic E-state index is -3.00. The first-order valence-corrected chi connectivity index (χ1v) is 15.1. The van der Waals surface area contributed by atoms with Crippen molar-refractivity contribution in [1.82, 2.24) is 9.97 Å². The molecule has 0 fully saturated rings. The van der Waals surface area contributed by atoms with Crippen LogP contribution < -0.4 is 15.4 Å². The first-order valence-electron chi connectivity index (χ1n) is 13.0. The number of ether oxygens (including phenoxy) is 2. The molecule has 1 amide bonds. The van der Waals surface area contributed by atoms with Crippen LogP contribution in [0.1, 0.15) is 45.6 Å². The number of rotatable bonds is 5. The second-order valence-corrected chi connectivity index (χ2v) is 12.7. The van der Waals surface area contributed by atoms with E-state index in [0.717, 1.165) is 12.6 Å². The Morgan fingerprint density at radius 1 is 1.23 bits per heavy atom. The molecule has 0 saturated heterocycles. The van der Waals surface area contributed by atoms with Crippen molar-refractivity contribution in [2.75, 3.05) is 30.0 Å². The Kier molecular flexibility index (Phi) is 8.87. The molecule has 0 aliphatic carbocycles. The molecule has 4 bridgehead atoms. The largest absolute Gasteiger partial charge is 0.493 e. The maximum absolute atomic E-state index is 14.8. The summed E-state index contributed by atoms with van der Waals surface area (Å²) in [5.41, 5.74) is 1.17. The minimum absolute atomic E-state index is 0.00424. The van der Waals surface area contributed by atoms with Crippen LogP contribution in [0.4, 0.5) is 30.9 Å². The van der Waals surface area contributed by atoms with Crippen LogP contribution in [0, 0.1) is 11.6 Å². The molecule has 9 nitrogen and oxygen atoms in total. The van der Waals surface area contributed by atoms with Gasteiger partial charge in [0, 0.05) is 35.8 Å². The Balaban J connectivity index is 1.66. The van der Waals surface area contributed by atoms with Gasteiger partial charge in [-0.05, 0) is 62.6 Å². The monoisotopic (exact) mass is 573 g/mol. The summed E-state index contributed by atoms with van der Waals surface area (Å²) in [6.45, 7) is 6.31. The molecule has 2 heterocycles. The number of hydrogen-bond acceptors (Lipinski definition) is 8. The third kappa shape index (κ3) is 7.87. The Labute approximate surface area is 232 Å². The fraction of sp³-hybridized carbons (Fsp3) is 0.393. The highest BCUT2D eigenvalue weighted by molar-refractivity contribution is 7.92. The van der Waals surface area contributed by atoms with Gasteiger partial charge in [-0.25, -0.2) is 27.8 Å². The number of carbonyl (C=O) groups excluding carboxylic acids is 1. The van der Waals surface area contributed by atoms with E-state index < -0.39 is 33.1 Å². The number of hydrogen-bond donors (Lipinski definition) is 2. The molecule has 214 valence electrons. The molecule has 0 radical (unpaired) electrons. The SMILES string of the molecule is CCCC(C)(C)OC(=O)N=S(C)(=O)Cc1cc2cc(c1)OCCCNc1cc(F)ccc1-c1nc(ncc1F)N2. The molecule has 4 rings (SSSR count). The maximum atomic E-state index is 14.8. The lowest BCUT2D eigenvalue weighted by atomic mass is 10.0. The molecule has 1 aliphatic heterocycles. The summed E-state index contributed by atoms with van der Waals surface area (Å²) in [5, 5.41) is 6.16. The summed E-state index contributed by atoms with van der Waals surface area (Å²) in [7, 11) is -3.00. The Morgan fingerprint density at radius 2 is 2.02 bits per heavy atom. The number of nitrogens with zero attached hydrogens (tertiary/aromatic N) is 3. The van der Waals surface area contributed by atoms with Crippen molar-refractivity contribution in [2.45, 2.75) is 51.4 Å². The van der Waals surface area contributed by atoms with Crippen molar-refractivity contribution in [2.24, 2.45) is 4.36 Å². The predicted octanol–water partition coefficient (Wildman–Crippen LogP) is 6.67. The van der Waals surface area contributed by atoms with Crippen molar-refractivity contribution in [3.8, 4) is 17.0 Å². The van der Waals surface area contributed by atoms with E-state index in [-0.39, 0.29) is 17.4 Å². The van der Waals surface area contributed by atoms with Gasteiger partial charge in [0.05, 0.1) is 28.3 Å². The highest BCUT2D eigenvalue weighted by atomic mass is 32.2. The van der Waals surface area contributed by atoms with Crippen molar-refractivity contribution >= 4 is 33.1 Å². The molecule has 1 aliphatic rings. The van der Waals surface area contributed by atoms with Crippen molar-refractivity contribution in [3.63, 3.8) is 0 Å². The van der Waals surface area contributed by atoms with Crippen LogP contribution in [-0.2, 0) is 20.2 Å². The van der Waals surface area contributed by atoms with Crippen LogP contribution in [0.3, 0.4) is 0 Å². The number of nitrogens with one attached hydrogen (secondary N) is 2. The van der Waals surface area contributed by atoms with Gasteiger partial charge < -0.3 is 20.1 Å². The van der Waals surface area contributed by atoms with Gasteiger partial charge in [0.1, 0.15) is 22.9 Å². The summed E-state index contributed by atoms with van der Waals surface area (Å²) in [6, 6.07) is 9.14. The zero-order valence-electron chi connectivity index (χ0n) is 22.9. The van der Waals surface area contributed by atoms with E-state index in [9.17, 15) is 17.8 Å². The predicted molar refractivity (Wildman–Crippen MR) is 151 cm³/mol. The highest BCUT2D eigenvalue weighted by Crippen LogP contribution is 2.31. The molecule has 2 aromatic carbocycles. The lowest BCUT2D eigenvalue weighted by Gasteiger charge is -2.23. The van der Waals surface area contributed by atoms with Crippen LogP contribution in [-0.4, -0.2) is 45.3 Å². The smallest absolute Gasteiger partial charge is 0.442 e. The average Bonchev–Trinajstić information content (AvgIpc) is 2.83. The van der Waals surface area contributed by atoms with Crippen LogP contribution in [0.15, 0.2) is 47.0 Å². The maximum Gasteiger partial charge on any atom is 0.442 e. The molecule has 1 aromatic heterocycles. The first kappa shape index (κ1) is 29.2. The zero-order valence-corrected chi connectivity index (χ0v) is 23.7. The summed E-state index contributed by atoms with van der Waals surface area (Å²) in [6.07, 6.45) is 3.60. The summed E-state index contributed by atoms with van der Waals surface area (Å²) in [4.78, 5) is 20.8. The second kappa shape index (κ2) is 12.2. The van der Waals surface area contributed by atoms with Gasteiger partial charge >= 0.3 is 6.09 Å². The zero-order chi connectivity index (χ0) is 28.9. The molecule has 1 atom stereocenters. The molecule has 1 unspecified atom stereocenters.